The van der Waals surface area contributed by atoms with Gasteiger partial charge >= 0.3 is 0 Å². The van der Waals surface area contributed by atoms with Crippen LogP contribution < -0.4 is 0 Å². The molecule has 1 heterocycles. The Bertz CT molecular complexity index is 192. The van der Waals surface area contributed by atoms with Gasteiger partial charge in [0.05, 0.1) is 0 Å². The van der Waals surface area contributed by atoms with Crippen LogP contribution in [0.25, 0.3) is 0 Å². The molecule has 82 valence electrons. The van der Waals surface area contributed by atoms with Crippen molar-refractivity contribution in [2.75, 3.05) is 0 Å². The second-order valence-electron chi connectivity index (χ2n) is 3.48. The Morgan fingerprint density at radius 3 is 2.00 bits per heavy atom. The summed E-state index contributed by atoms with van der Waals surface area (Å²) in [5.41, 5.74) is 1.16. The highest BCUT2D eigenvalue weighted by Crippen LogP contribution is 1.94. The predicted molar refractivity (Wildman–Crippen MR) is 65.5 cm³/mol. The molecule has 1 nitrogen and oxygen atoms in total. The van der Waals surface area contributed by atoms with Gasteiger partial charge in [-0.25, -0.2) is 0 Å². The molecule has 1 aromatic heterocycles. The van der Waals surface area contributed by atoms with Crippen molar-refractivity contribution >= 4 is 0 Å². The molecule has 0 aliphatic rings. The Hall–Kier alpha value is -0.850. The molecule has 1 heteroatoms. The molecule has 0 bridgehead atoms. The molecule has 0 radical (unpaired) electrons. The summed E-state index contributed by atoms with van der Waals surface area (Å²) in [6.45, 7) is 8.74. The van der Waals surface area contributed by atoms with Gasteiger partial charge in [0.1, 0.15) is 0 Å². The number of aryl methyl sites for hydroxylation is 1. The Kier molecular flexibility index (Phi) is 11.4. The lowest BCUT2D eigenvalue weighted by Crippen LogP contribution is -1.81. The van der Waals surface area contributed by atoms with E-state index in [2.05, 4.69) is 32.7 Å². The first kappa shape index (κ1) is 15.6. The van der Waals surface area contributed by atoms with Crippen molar-refractivity contribution < 1.29 is 0 Å². The number of hydrogen-bond acceptors (Lipinski definition) is 1. The molecule has 1 aromatic rings. The quantitative estimate of drug-likeness (QED) is 0.684. The molecular weight excluding hydrogens is 170 g/mol. The summed E-state index contributed by atoms with van der Waals surface area (Å²) in [7, 11) is 0. The van der Waals surface area contributed by atoms with Crippen LogP contribution in [0.1, 0.15) is 47.2 Å². The minimum atomic E-state index is 0. The zero-order valence-electron chi connectivity index (χ0n) is 9.25. The average Bonchev–Trinajstić information content (AvgIpc) is 2.20. The normalized spacial score (nSPS) is 8.64. The first-order chi connectivity index (χ1) is 6.20. The number of rotatable bonds is 2. The third-order valence-electron chi connectivity index (χ3n) is 1.90. The van der Waals surface area contributed by atoms with Gasteiger partial charge in [-0.3, -0.25) is 4.98 Å². The predicted octanol–water partition coefficient (Wildman–Crippen LogP) is 4.33. The highest BCUT2D eigenvalue weighted by Gasteiger charge is 1.81. The topological polar surface area (TPSA) is 12.9 Å². The molecular formula is C13H25N. The van der Waals surface area contributed by atoms with Crippen molar-refractivity contribution in [1.82, 2.24) is 4.98 Å². The zero-order valence-corrected chi connectivity index (χ0v) is 9.25. The molecule has 0 saturated carbocycles. The Balaban J connectivity index is 0. The molecule has 0 aromatic carbocycles. The van der Waals surface area contributed by atoms with Crippen molar-refractivity contribution in [1.29, 1.82) is 0 Å². The fraction of sp³-hybridized carbons (Fsp3) is 0.615. The highest BCUT2D eigenvalue weighted by molar-refractivity contribution is 5.02. The minimum Gasteiger partial charge on any atom is -0.261 e. The molecule has 0 amide bonds. The lowest BCUT2D eigenvalue weighted by atomic mass is 10.2. The maximum absolute atomic E-state index is 4.10. The van der Waals surface area contributed by atoms with Crippen molar-refractivity contribution in [2.24, 2.45) is 5.92 Å². The first-order valence-electron chi connectivity index (χ1n) is 5.10. The summed E-state index contributed by atoms with van der Waals surface area (Å²) in [6.07, 6.45) is 4.15. The third kappa shape index (κ3) is 9.24. The van der Waals surface area contributed by atoms with Gasteiger partial charge in [0, 0.05) is 11.9 Å². The van der Waals surface area contributed by atoms with Gasteiger partial charge in [-0.2, -0.15) is 0 Å². The lowest BCUT2D eigenvalue weighted by Gasteiger charge is -1.90. The largest absolute Gasteiger partial charge is 0.261 e. The van der Waals surface area contributed by atoms with Crippen LogP contribution in [0.4, 0.5) is 0 Å². The van der Waals surface area contributed by atoms with E-state index in [-0.39, 0.29) is 7.43 Å². The van der Waals surface area contributed by atoms with Gasteiger partial charge in [0.25, 0.3) is 0 Å². The molecule has 0 N–H and O–H groups in total. The van der Waals surface area contributed by atoms with Gasteiger partial charge in [0.2, 0.25) is 0 Å². The maximum Gasteiger partial charge on any atom is 0.0400 e. The lowest BCUT2D eigenvalue weighted by molar-refractivity contribution is 0.626. The smallest absolute Gasteiger partial charge is 0.0400 e. The SMILES string of the molecule is C.CCC(C)C.CCc1ccccn1. The monoisotopic (exact) mass is 195 g/mol. The maximum atomic E-state index is 4.10. The fourth-order valence-electron chi connectivity index (χ4n) is 0.607. The van der Waals surface area contributed by atoms with E-state index in [1.165, 1.54) is 6.42 Å². The van der Waals surface area contributed by atoms with Crippen LogP contribution in [0, 0.1) is 5.92 Å². The Morgan fingerprint density at radius 2 is 1.79 bits per heavy atom. The van der Waals surface area contributed by atoms with Crippen LogP contribution in [0.15, 0.2) is 24.4 Å². The standard InChI is InChI=1S/C7H9N.C5H12.CH4/c1-2-7-5-3-4-6-8-7;1-4-5(2)3;/h3-6H,2H2,1H3;5H,4H2,1-3H3;1H4. The van der Waals surface area contributed by atoms with E-state index < -0.39 is 0 Å². The van der Waals surface area contributed by atoms with Crippen LogP contribution in [-0.4, -0.2) is 4.98 Å². The molecule has 0 spiro atoms. The second-order valence-corrected chi connectivity index (χ2v) is 3.48. The summed E-state index contributed by atoms with van der Waals surface area (Å²) in [6, 6.07) is 5.96. The first-order valence-corrected chi connectivity index (χ1v) is 5.10. The molecule has 0 fully saturated rings. The number of aromatic nitrogens is 1. The second kappa shape index (κ2) is 10.2. The van der Waals surface area contributed by atoms with E-state index in [0.717, 1.165) is 18.0 Å². The van der Waals surface area contributed by atoms with E-state index in [4.69, 9.17) is 0 Å². The molecule has 0 aliphatic heterocycles. The van der Waals surface area contributed by atoms with Crippen LogP contribution in [0.2, 0.25) is 0 Å². The van der Waals surface area contributed by atoms with E-state index >= 15 is 0 Å². The number of pyridine rings is 1. The van der Waals surface area contributed by atoms with E-state index in [1.54, 1.807) is 0 Å². The summed E-state index contributed by atoms with van der Waals surface area (Å²) >= 11 is 0. The van der Waals surface area contributed by atoms with E-state index in [9.17, 15) is 0 Å². The third-order valence-corrected chi connectivity index (χ3v) is 1.90. The van der Waals surface area contributed by atoms with Gasteiger partial charge in [-0.05, 0) is 24.5 Å². The number of hydrogen-bond donors (Lipinski definition) is 0. The summed E-state index contributed by atoms with van der Waals surface area (Å²) in [4.78, 5) is 4.10. The van der Waals surface area contributed by atoms with Crippen molar-refractivity contribution in [3.63, 3.8) is 0 Å². The molecule has 0 aliphatic carbocycles. The van der Waals surface area contributed by atoms with Gasteiger partial charge in [0.15, 0.2) is 0 Å². The number of nitrogens with zero attached hydrogens (tertiary/aromatic N) is 1. The van der Waals surface area contributed by atoms with Crippen LogP contribution in [0.3, 0.4) is 0 Å². The van der Waals surface area contributed by atoms with Gasteiger partial charge < -0.3 is 0 Å². The Morgan fingerprint density at radius 1 is 1.21 bits per heavy atom. The summed E-state index contributed by atoms with van der Waals surface area (Å²) < 4.78 is 0. The summed E-state index contributed by atoms with van der Waals surface area (Å²) in [5, 5.41) is 0. The summed E-state index contributed by atoms with van der Waals surface area (Å²) in [5.74, 6) is 0.884. The van der Waals surface area contributed by atoms with Crippen LogP contribution >= 0.6 is 0 Å². The van der Waals surface area contributed by atoms with Gasteiger partial charge in [-0.15, -0.1) is 0 Å². The van der Waals surface area contributed by atoms with E-state index in [1.807, 2.05) is 24.4 Å². The van der Waals surface area contributed by atoms with Crippen molar-refractivity contribution in [3.8, 4) is 0 Å². The molecule has 14 heavy (non-hydrogen) atoms. The minimum absolute atomic E-state index is 0. The average molecular weight is 195 g/mol. The molecule has 1 rings (SSSR count). The van der Waals surface area contributed by atoms with Gasteiger partial charge in [-0.1, -0.05) is 47.6 Å². The van der Waals surface area contributed by atoms with E-state index in [0.29, 0.717) is 0 Å². The molecule has 0 unspecified atom stereocenters. The highest BCUT2D eigenvalue weighted by atomic mass is 14.6. The molecule has 0 saturated heterocycles. The van der Waals surface area contributed by atoms with Crippen LogP contribution in [0.5, 0.6) is 0 Å². The van der Waals surface area contributed by atoms with Crippen molar-refractivity contribution in [2.45, 2.75) is 48.0 Å². The Labute approximate surface area is 89.6 Å². The molecule has 0 atom stereocenters. The van der Waals surface area contributed by atoms with Crippen LogP contribution in [-0.2, 0) is 6.42 Å². The fourth-order valence-corrected chi connectivity index (χ4v) is 0.607. The zero-order chi connectivity index (χ0) is 10.1. The van der Waals surface area contributed by atoms with Crippen molar-refractivity contribution in [3.05, 3.63) is 30.1 Å².